The van der Waals surface area contributed by atoms with Crippen LogP contribution in [0.4, 0.5) is 18.0 Å². The number of ether oxygens (including phenoxy) is 2. The van der Waals surface area contributed by atoms with Crippen molar-refractivity contribution in [3.05, 3.63) is 46.5 Å². The number of benzene rings is 1. The normalized spacial score (nSPS) is 18.7. The van der Waals surface area contributed by atoms with Crippen molar-refractivity contribution in [2.45, 2.75) is 57.9 Å². The minimum Gasteiger partial charge on any atom is -0.478 e. The third-order valence-electron chi connectivity index (χ3n) is 8.35. The molecule has 2 fully saturated rings. The number of hydroxylamine groups is 2. The molecular formula is C30H37ClF3N5O5. The Bertz CT molecular complexity index is 1540. The number of nitrogens with zero attached hydrogens (tertiary/aromatic N) is 5. The number of hydrogen-bond acceptors (Lipinski definition) is 8. The van der Waals surface area contributed by atoms with Gasteiger partial charge in [-0.25, -0.2) is 14.8 Å². The topological polar surface area (TPSA) is 102 Å². The summed E-state index contributed by atoms with van der Waals surface area (Å²) in [5, 5.41) is 14.5. The quantitative estimate of drug-likeness (QED) is 0.372. The van der Waals surface area contributed by atoms with Gasteiger partial charge in [-0.05, 0) is 58.2 Å². The van der Waals surface area contributed by atoms with Crippen molar-refractivity contribution in [1.82, 2.24) is 24.5 Å². The van der Waals surface area contributed by atoms with Crippen LogP contribution in [0.15, 0.2) is 24.4 Å². The van der Waals surface area contributed by atoms with E-state index in [1.165, 1.54) is 12.2 Å². The zero-order valence-corrected chi connectivity index (χ0v) is 26.3. The third kappa shape index (κ3) is 6.01. The van der Waals surface area contributed by atoms with Gasteiger partial charge in [0, 0.05) is 44.5 Å². The number of fused-ring (bicyclic) bond motifs is 1. The number of imidazole rings is 1. The first-order chi connectivity index (χ1) is 20.5. The minimum absolute atomic E-state index is 0.0527. The van der Waals surface area contributed by atoms with Gasteiger partial charge in [0.2, 0.25) is 5.75 Å². The lowest BCUT2D eigenvalue weighted by molar-refractivity contribution is -0.199. The molecule has 44 heavy (non-hydrogen) atoms. The highest BCUT2D eigenvalue weighted by molar-refractivity contribution is 6.37. The van der Waals surface area contributed by atoms with Gasteiger partial charge in [-0.3, -0.25) is 0 Å². The van der Waals surface area contributed by atoms with Crippen LogP contribution < -0.4 is 9.57 Å². The Hall–Kier alpha value is -3.29. The summed E-state index contributed by atoms with van der Waals surface area (Å²) in [6.07, 6.45) is -3.31. The third-order valence-corrected chi connectivity index (χ3v) is 8.73. The molecule has 10 nitrogen and oxygen atoms in total. The van der Waals surface area contributed by atoms with Gasteiger partial charge in [0.05, 0.1) is 30.4 Å². The van der Waals surface area contributed by atoms with Crippen molar-refractivity contribution in [2.24, 2.45) is 18.9 Å². The number of rotatable bonds is 6. The molecule has 14 heteroatoms. The number of aliphatic hydroxyl groups is 1. The van der Waals surface area contributed by atoms with Crippen molar-refractivity contribution in [2.75, 3.05) is 33.3 Å². The first kappa shape index (κ1) is 32.1. The summed E-state index contributed by atoms with van der Waals surface area (Å²) in [5.41, 5.74) is -0.745. The Morgan fingerprint density at radius 1 is 1.11 bits per heavy atom. The molecule has 2 aromatic heterocycles. The zero-order valence-electron chi connectivity index (χ0n) is 25.5. The monoisotopic (exact) mass is 639 g/mol. The van der Waals surface area contributed by atoms with Gasteiger partial charge in [-0.1, -0.05) is 17.7 Å². The largest absolute Gasteiger partial charge is 0.478 e. The van der Waals surface area contributed by atoms with Gasteiger partial charge in [0.1, 0.15) is 22.0 Å². The summed E-state index contributed by atoms with van der Waals surface area (Å²) in [7, 11) is 3.21. The molecule has 0 aliphatic carbocycles. The van der Waals surface area contributed by atoms with E-state index in [2.05, 4.69) is 9.97 Å². The molecule has 4 heterocycles. The van der Waals surface area contributed by atoms with Gasteiger partial charge in [0.25, 0.3) is 5.88 Å². The number of alkyl halides is 3. The number of halogens is 4. The summed E-state index contributed by atoms with van der Waals surface area (Å²) in [4.78, 5) is 29.2. The highest BCUT2D eigenvalue weighted by Gasteiger charge is 2.50. The Balaban J connectivity index is 1.50. The number of likely N-dealkylation sites (tertiary alicyclic amines) is 1. The zero-order chi connectivity index (χ0) is 32.2. The molecule has 0 saturated carbocycles. The van der Waals surface area contributed by atoms with Crippen LogP contribution in [0.2, 0.25) is 5.02 Å². The molecule has 1 N–H and O–H groups in total. The highest BCUT2D eigenvalue weighted by Crippen LogP contribution is 2.46. The fourth-order valence-electron chi connectivity index (χ4n) is 5.71. The van der Waals surface area contributed by atoms with Crippen LogP contribution in [0.25, 0.3) is 10.9 Å². The number of pyridine rings is 1. The number of carbonyl (C=O) groups excluding carboxylic acids is 1. The van der Waals surface area contributed by atoms with Gasteiger partial charge >= 0.3 is 12.3 Å². The summed E-state index contributed by atoms with van der Waals surface area (Å²) >= 11 is 6.88. The van der Waals surface area contributed by atoms with E-state index >= 15 is 0 Å². The van der Waals surface area contributed by atoms with Crippen molar-refractivity contribution in [3.63, 3.8) is 0 Å². The number of hydrogen-bond donors (Lipinski definition) is 1. The van der Waals surface area contributed by atoms with Crippen LogP contribution in [-0.2, 0) is 17.4 Å². The van der Waals surface area contributed by atoms with Crippen LogP contribution in [0.3, 0.4) is 0 Å². The van der Waals surface area contributed by atoms with Crippen molar-refractivity contribution < 1.29 is 37.4 Å². The molecule has 0 spiro atoms. The molecule has 2 aliphatic heterocycles. The van der Waals surface area contributed by atoms with E-state index in [0.29, 0.717) is 28.0 Å². The molecule has 1 amide bonds. The van der Waals surface area contributed by atoms with Crippen molar-refractivity contribution >= 4 is 28.6 Å². The summed E-state index contributed by atoms with van der Waals surface area (Å²) in [6, 6.07) is 5.16. The maximum absolute atomic E-state index is 13.2. The molecule has 5 rings (SSSR count). The van der Waals surface area contributed by atoms with E-state index in [9.17, 15) is 23.1 Å². The molecular weight excluding hydrogens is 603 g/mol. The second-order valence-electron chi connectivity index (χ2n) is 12.4. The number of aryl methyl sites for hydroxylation is 1. The SMILES string of the molecule is COc1nc2ccc(C(O)(c3cnc(C)n3C)C3CN(C(=O)OC(C)(C)C)C3)cc2c(Cl)c1ON1CCC(C(F)(F)F)CC1. The second kappa shape index (κ2) is 11.6. The highest BCUT2D eigenvalue weighted by atomic mass is 35.5. The maximum Gasteiger partial charge on any atom is 0.410 e. The molecule has 2 saturated heterocycles. The van der Waals surface area contributed by atoms with Crippen LogP contribution in [-0.4, -0.2) is 80.8 Å². The number of methoxy groups -OCH3 is 1. The first-order valence-electron chi connectivity index (χ1n) is 14.4. The standard InChI is InChI=1S/C30H37ClF3N5O5/c1-17-35-14-23(37(17)5)29(41,20-15-38(16-20)27(40)43-28(2,3)4)19-7-8-22-21(13-19)24(31)25(26(36-22)42-6)44-39-11-9-18(10-12-39)30(32,33)34/h7-8,13-14,18,20,41H,9-12,15-16H2,1-6H3. The molecule has 240 valence electrons. The fraction of sp³-hybridized carbons (Fsp3) is 0.567. The average molecular weight is 640 g/mol. The van der Waals surface area contributed by atoms with Crippen molar-refractivity contribution in [1.29, 1.82) is 0 Å². The summed E-state index contributed by atoms with van der Waals surface area (Å²) in [5.74, 6) is -0.945. The lowest BCUT2D eigenvalue weighted by Crippen LogP contribution is -2.59. The lowest BCUT2D eigenvalue weighted by Gasteiger charge is -2.48. The van der Waals surface area contributed by atoms with E-state index < -0.39 is 35.3 Å². The van der Waals surface area contributed by atoms with E-state index in [4.69, 9.17) is 25.9 Å². The number of carbonyl (C=O) groups is 1. The Morgan fingerprint density at radius 3 is 2.32 bits per heavy atom. The number of piperidine rings is 1. The Kier molecular flexibility index (Phi) is 8.45. The van der Waals surface area contributed by atoms with Gasteiger partial charge in [0.15, 0.2) is 0 Å². The average Bonchev–Trinajstić information content (AvgIpc) is 3.25. The van der Waals surface area contributed by atoms with E-state index in [0.717, 1.165) is 0 Å². The van der Waals surface area contributed by atoms with Crippen LogP contribution >= 0.6 is 11.6 Å². The molecule has 0 radical (unpaired) electrons. The molecule has 1 unspecified atom stereocenters. The predicted octanol–water partition coefficient (Wildman–Crippen LogP) is 5.61. The number of amides is 1. The van der Waals surface area contributed by atoms with Gasteiger partial charge in [-0.2, -0.15) is 13.2 Å². The van der Waals surface area contributed by atoms with Crippen LogP contribution in [0.1, 0.15) is 50.7 Å². The van der Waals surface area contributed by atoms with Crippen LogP contribution in [0.5, 0.6) is 11.6 Å². The smallest absolute Gasteiger partial charge is 0.410 e. The minimum atomic E-state index is -4.25. The molecule has 1 aromatic carbocycles. The molecule has 1 atom stereocenters. The summed E-state index contributed by atoms with van der Waals surface area (Å²) < 4.78 is 52.3. The summed E-state index contributed by atoms with van der Waals surface area (Å²) in [6.45, 7) is 7.79. The molecule has 2 aliphatic rings. The fourth-order valence-corrected chi connectivity index (χ4v) is 5.98. The molecule has 3 aromatic rings. The van der Waals surface area contributed by atoms with E-state index in [1.54, 1.807) is 61.7 Å². The Morgan fingerprint density at radius 2 is 1.77 bits per heavy atom. The van der Waals surface area contributed by atoms with E-state index in [1.807, 2.05) is 6.92 Å². The molecule has 0 bridgehead atoms. The maximum atomic E-state index is 13.2. The first-order valence-corrected chi connectivity index (χ1v) is 14.8. The number of aromatic nitrogens is 3. The van der Waals surface area contributed by atoms with Gasteiger partial charge in [-0.15, -0.1) is 5.06 Å². The van der Waals surface area contributed by atoms with E-state index in [-0.39, 0.29) is 55.7 Å². The lowest BCUT2D eigenvalue weighted by atomic mass is 9.74. The van der Waals surface area contributed by atoms with Gasteiger partial charge < -0.3 is 28.9 Å². The van der Waals surface area contributed by atoms with Crippen LogP contribution in [0, 0.1) is 18.8 Å². The second-order valence-corrected chi connectivity index (χ2v) is 12.8. The Labute approximate surface area is 258 Å². The predicted molar refractivity (Wildman–Crippen MR) is 157 cm³/mol. The van der Waals surface area contributed by atoms with Crippen molar-refractivity contribution in [3.8, 4) is 11.6 Å².